The number of aryl methyl sites for hydroxylation is 1. The first kappa shape index (κ1) is 25.2. The molecular formula is C31H34N2O3. The molecule has 1 amide bonds. The number of carbonyl (C=O) groups excluding carboxylic acids is 2. The third-order valence-electron chi connectivity index (χ3n) is 6.51. The SMILES string of the molecule is COC(=O)c1ccc2c(c1)c(CCCCNC(=O)c1ccc(C(C)(C)C)cc1)cn2-c1ccccc1. The quantitative estimate of drug-likeness (QED) is 0.231. The molecule has 0 aliphatic rings. The number of ether oxygens (including phenoxy) is 1. The second-order valence-electron chi connectivity index (χ2n) is 10.1. The van der Waals surface area contributed by atoms with Gasteiger partial charge in [-0.3, -0.25) is 4.79 Å². The molecule has 3 aromatic carbocycles. The van der Waals surface area contributed by atoms with Gasteiger partial charge in [0.25, 0.3) is 5.91 Å². The van der Waals surface area contributed by atoms with Gasteiger partial charge in [-0.2, -0.15) is 0 Å². The molecule has 0 unspecified atom stereocenters. The molecule has 4 aromatic rings. The van der Waals surface area contributed by atoms with E-state index in [9.17, 15) is 9.59 Å². The van der Waals surface area contributed by atoms with Crippen molar-refractivity contribution >= 4 is 22.8 Å². The van der Waals surface area contributed by atoms with E-state index in [0.717, 1.165) is 35.9 Å². The zero-order valence-electron chi connectivity index (χ0n) is 21.5. The molecule has 0 aliphatic heterocycles. The van der Waals surface area contributed by atoms with Gasteiger partial charge in [0, 0.05) is 29.4 Å². The molecule has 4 rings (SSSR count). The first-order chi connectivity index (χ1) is 17.3. The minimum Gasteiger partial charge on any atom is -0.465 e. The summed E-state index contributed by atoms with van der Waals surface area (Å²) < 4.78 is 7.09. The van der Waals surface area contributed by atoms with Crippen LogP contribution in [-0.2, 0) is 16.6 Å². The van der Waals surface area contributed by atoms with Crippen molar-refractivity contribution < 1.29 is 14.3 Å². The molecule has 0 spiro atoms. The molecule has 0 atom stereocenters. The van der Waals surface area contributed by atoms with Crippen molar-refractivity contribution in [1.29, 1.82) is 0 Å². The molecule has 0 bridgehead atoms. The third kappa shape index (κ3) is 5.68. The number of benzene rings is 3. The summed E-state index contributed by atoms with van der Waals surface area (Å²) in [4.78, 5) is 24.7. The monoisotopic (exact) mass is 482 g/mol. The van der Waals surface area contributed by atoms with Crippen LogP contribution in [0.1, 0.15) is 65.5 Å². The van der Waals surface area contributed by atoms with Crippen LogP contribution in [0.5, 0.6) is 0 Å². The van der Waals surface area contributed by atoms with Crippen LogP contribution in [0.15, 0.2) is 79.0 Å². The standard InChI is InChI=1S/C31H34N2O3/c1-31(2,3)25-16-13-22(14-17-25)29(34)32-19-9-8-10-24-21-33(26-11-6-5-7-12-26)28-18-15-23(20-27(24)28)30(35)36-4/h5-7,11-18,20-21H,8-10,19H2,1-4H3,(H,32,34). The molecule has 0 radical (unpaired) electrons. The fourth-order valence-corrected chi connectivity index (χ4v) is 4.41. The largest absolute Gasteiger partial charge is 0.465 e. The molecule has 5 heteroatoms. The van der Waals surface area contributed by atoms with Crippen LogP contribution in [0.2, 0.25) is 0 Å². The van der Waals surface area contributed by atoms with Crippen molar-refractivity contribution in [3.8, 4) is 5.69 Å². The van der Waals surface area contributed by atoms with E-state index in [4.69, 9.17) is 4.74 Å². The van der Waals surface area contributed by atoms with Gasteiger partial charge in [-0.25, -0.2) is 4.79 Å². The molecule has 0 saturated heterocycles. The van der Waals surface area contributed by atoms with E-state index in [1.807, 2.05) is 54.6 Å². The van der Waals surface area contributed by atoms with Crippen molar-refractivity contribution in [2.45, 2.75) is 45.4 Å². The number of fused-ring (bicyclic) bond motifs is 1. The van der Waals surface area contributed by atoms with Crippen LogP contribution in [0.3, 0.4) is 0 Å². The smallest absolute Gasteiger partial charge is 0.337 e. The highest BCUT2D eigenvalue weighted by Gasteiger charge is 2.15. The van der Waals surface area contributed by atoms with E-state index in [0.29, 0.717) is 17.7 Å². The molecule has 1 heterocycles. The summed E-state index contributed by atoms with van der Waals surface area (Å²) in [5, 5.41) is 4.08. The Bertz CT molecular complexity index is 1350. The molecule has 1 N–H and O–H groups in total. The van der Waals surface area contributed by atoms with E-state index in [1.54, 1.807) is 6.07 Å². The first-order valence-corrected chi connectivity index (χ1v) is 12.4. The van der Waals surface area contributed by atoms with E-state index >= 15 is 0 Å². The second kappa shape index (κ2) is 10.8. The van der Waals surface area contributed by atoms with Gasteiger partial charge in [-0.15, -0.1) is 0 Å². The van der Waals surface area contributed by atoms with Gasteiger partial charge in [0.15, 0.2) is 0 Å². The van der Waals surface area contributed by atoms with Crippen LogP contribution in [-0.4, -0.2) is 30.1 Å². The predicted octanol–water partition coefficient (Wildman–Crippen LogP) is 6.47. The molecular weight excluding hydrogens is 448 g/mol. The number of nitrogens with one attached hydrogen (secondary N) is 1. The summed E-state index contributed by atoms with van der Waals surface area (Å²) in [6, 6.07) is 23.7. The Morgan fingerprint density at radius 1 is 0.889 bits per heavy atom. The number of nitrogens with zero attached hydrogens (tertiary/aromatic N) is 1. The van der Waals surface area contributed by atoms with Gasteiger partial charge >= 0.3 is 5.97 Å². The van der Waals surface area contributed by atoms with Gasteiger partial charge in [-0.05, 0) is 78.3 Å². The van der Waals surface area contributed by atoms with Gasteiger partial charge in [0.2, 0.25) is 0 Å². The maximum Gasteiger partial charge on any atom is 0.337 e. The number of aromatic nitrogens is 1. The lowest BCUT2D eigenvalue weighted by Crippen LogP contribution is -2.24. The number of carbonyl (C=O) groups is 2. The van der Waals surface area contributed by atoms with Crippen LogP contribution in [0.4, 0.5) is 0 Å². The number of esters is 1. The summed E-state index contributed by atoms with van der Waals surface area (Å²) in [7, 11) is 1.40. The normalized spacial score (nSPS) is 11.4. The van der Waals surface area contributed by atoms with Crippen molar-refractivity contribution in [2.24, 2.45) is 0 Å². The number of methoxy groups -OCH3 is 1. The van der Waals surface area contributed by atoms with Crippen molar-refractivity contribution in [3.63, 3.8) is 0 Å². The van der Waals surface area contributed by atoms with E-state index in [2.05, 4.69) is 49.0 Å². The Balaban J connectivity index is 1.42. The Kier molecular flexibility index (Phi) is 7.58. The molecule has 1 aromatic heterocycles. The number of hydrogen-bond acceptors (Lipinski definition) is 3. The summed E-state index contributed by atoms with van der Waals surface area (Å²) in [5.41, 5.74) is 5.80. The van der Waals surface area contributed by atoms with Crippen LogP contribution in [0, 0.1) is 0 Å². The Morgan fingerprint density at radius 3 is 2.25 bits per heavy atom. The first-order valence-electron chi connectivity index (χ1n) is 12.4. The maximum atomic E-state index is 12.5. The van der Waals surface area contributed by atoms with Gasteiger partial charge < -0.3 is 14.6 Å². The van der Waals surface area contributed by atoms with Crippen molar-refractivity contribution in [3.05, 3.63) is 101 Å². The lowest BCUT2D eigenvalue weighted by Gasteiger charge is -2.19. The minimum atomic E-state index is -0.339. The van der Waals surface area contributed by atoms with E-state index in [1.165, 1.54) is 18.2 Å². The van der Waals surface area contributed by atoms with Gasteiger partial charge in [0.05, 0.1) is 18.2 Å². The van der Waals surface area contributed by atoms with Crippen molar-refractivity contribution in [1.82, 2.24) is 9.88 Å². The predicted molar refractivity (Wildman–Crippen MR) is 145 cm³/mol. The number of amides is 1. The van der Waals surface area contributed by atoms with Crippen molar-refractivity contribution in [2.75, 3.05) is 13.7 Å². The van der Waals surface area contributed by atoms with E-state index in [-0.39, 0.29) is 17.3 Å². The fraction of sp³-hybridized carbons (Fsp3) is 0.290. The summed E-state index contributed by atoms with van der Waals surface area (Å²) >= 11 is 0. The fourth-order valence-electron chi connectivity index (χ4n) is 4.41. The average molecular weight is 483 g/mol. The highest BCUT2D eigenvalue weighted by molar-refractivity contribution is 5.96. The lowest BCUT2D eigenvalue weighted by molar-refractivity contribution is 0.0600. The van der Waals surface area contributed by atoms with Gasteiger partial charge in [-0.1, -0.05) is 51.1 Å². The molecule has 36 heavy (non-hydrogen) atoms. The number of rotatable bonds is 8. The average Bonchev–Trinajstić information content (AvgIpc) is 3.25. The Morgan fingerprint density at radius 2 is 1.58 bits per heavy atom. The lowest BCUT2D eigenvalue weighted by atomic mass is 9.87. The number of para-hydroxylation sites is 1. The number of unbranched alkanes of at least 4 members (excludes halogenated alkanes) is 1. The topological polar surface area (TPSA) is 60.3 Å². The summed E-state index contributed by atoms with van der Waals surface area (Å²) in [6.07, 6.45) is 4.77. The Labute approximate surface area is 213 Å². The second-order valence-corrected chi connectivity index (χ2v) is 10.1. The minimum absolute atomic E-state index is 0.0427. The van der Waals surface area contributed by atoms with Gasteiger partial charge in [0.1, 0.15) is 0 Å². The highest BCUT2D eigenvalue weighted by atomic mass is 16.5. The van der Waals surface area contributed by atoms with Crippen LogP contribution >= 0.6 is 0 Å². The molecule has 0 saturated carbocycles. The molecule has 5 nitrogen and oxygen atoms in total. The van der Waals surface area contributed by atoms with E-state index < -0.39 is 0 Å². The molecule has 186 valence electrons. The maximum absolute atomic E-state index is 12.5. The number of hydrogen-bond donors (Lipinski definition) is 1. The summed E-state index contributed by atoms with van der Waals surface area (Å²) in [5.74, 6) is -0.382. The summed E-state index contributed by atoms with van der Waals surface area (Å²) in [6.45, 7) is 7.10. The molecule has 0 fully saturated rings. The highest BCUT2D eigenvalue weighted by Crippen LogP contribution is 2.28. The molecule has 0 aliphatic carbocycles. The zero-order chi connectivity index (χ0) is 25.7. The zero-order valence-corrected chi connectivity index (χ0v) is 21.5. The third-order valence-corrected chi connectivity index (χ3v) is 6.51. The van der Waals surface area contributed by atoms with Crippen LogP contribution in [0.25, 0.3) is 16.6 Å². The Hall–Kier alpha value is -3.86. The van der Waals surface area contributed by atoms with Crippen LogP contribution < -0.4 is 5.32 Å².